The monoisotopic (exact) mass is 244 g/mol. The van der Waals surface area contributed by atoms with Crippen molar-refractivity contribution in [3.8, 4) is 0 Å². The zero-order chi connectivity index (χ0) is 12.7. The van der Waals surface area contributed by atoms with E-state index < -0.39 is 6.10 Å². The molecule has 5 heteroatoms. The van der Waals surface area contributed by atoms with Gasteiger partial charge in [0.25, 0.3) is 0 Å². The van der Waals surface area contributed by atoms with Crippen LogP contribution in [0.3, 0.4) is 0 Å². The van der Waals surface area contributed by atoms with E-state index in [1.807, 2.05) is 0 Å². The third kappa shape index (κ3) is 4.61. The van der Waals surface area contributed by atoms with Crippen molar-refractivity contribution in [1.29, 1.82) is 0 Å². The Labute approximate surface area is 103 Å². The van der Waals surface area contributed by atoms with E-state index in [0.29, 0.717) is 32.5 Å². The number of likely N-dealkylation sites (tertiary alicyclic amines) is 1. The normalized spacial score (nSPS) is 24.3. The first-order valence-electron chi connectivity index (χ1n) is 6.35. The molecule has 1 fully saturated rings. The molecule has 5 nitrogen and oxygen atoms in total. The number of amides is 1. The number of unbranched alkanes of at least 4 members (excludes halogenated alkanes) is 2. The van der Waals surface area contributed by atoms with Gasteiger partial charge in [0, 0.05) is 20.1 Å². The minimum Gasteiger partial charge on any atom is -0.391 e. The SMILES string of the molecule is COC[C@@H]1CC(O)CN1C(=O)CCCCCN. The lowest BCUT2D eigenvalue weighted by Gasteiger charge is -2.23. The number of nitrogens with two attached hydrogens (primary N) is 1. The minimum atomic E-state index is -0.400. The first-order chi connectivity index (χ1) is 8.19. The van der Waals surface area contributed by atoms with Crippen LogP contribution in [0.2, 0.25) is 0 Å². The van der Waals surface area contributed by atoms with Gasteiger partial charge < -0.3 is 20.5 Å². The average molecular weight is 244 g/mol. The molecule has 1 aliphatic heterocycles. The molecule has 17 heavy (non-hydrogen) atoms. The smallest absolute Gasteiger partial charge is 0.222 e. The lowest BCUT2D eigenvalue weighted by Crippen LogP contribution is -2.38. The van der Waals surface area contributed by atoms with E-state index in [1.54, 1.807) is 12.0 Å². The van der Waals surface area contributed by atoms with Crippen molar-refractivity contribution < 1.29 is 14.6 Å². The molecule has 1 amide bonds. The van der Waals surface area contributed by atoms with Crippen LogP contribution in [0.5, 0.6) is 0 Å². The molecule has 0 aromatic heterocycles. The molecule has 0 bridgehead atoms. The van der Waals surface area contributed by atoms with Crippen LogP contribution in [-0.4, -0.2) is 54.9 Å². The molecule has 0 aromatic rings. The molecular formula is C12H24N2O3. The van der Waals surface area contributed by atoms with Gasteiger partial charge in [0.2, 0.25) is 5.91 Å². The molecule has 2 atom stereocenters. The highest BCUT2D eigenvalue weighted by Crippen LogP contribution is 2.19. The van der Waals surface area contributed by atoms with Crippen molar-refractivity contribution in [2.75, 3.05) is 26.8 Å². The molecule has 0 spiro atoms. The van der Waals surface area contributed by atoms with E-state index in [2.05, 4.69) is 0 Å². The van der Waals surface area contributed by atoms with E-state index in [0.717, 1.165) is 19.3 Å². The van der Waals surface area contributed by atoms with Gasteiger partial charge in [0.05, 0.1) is 18.8 Å². The van der Waals surface area contributed by atoms with Crippen molar-refractivity contribution in [2.24, 2.45) is 5.73 Å². The van der Waals surface area contributed by atoms with Gasteiger partial charge in [-0.05, 0) is 25.8 Å². The van der Waals surface area contributed by atoms with Gasteiger partial charge in [-0.3, -0.25) is 4.79 Å². The first kappa shape index (κ1) is 14.4. The molecule has 0 aromatic carbocycles. The number of hydrogen-bond donors (Lipinski definition) is 2. The molecule has 1 rings (SSSR count). The maximum absolute atomic E-state index is 12.0. The molecule has 1 unspecified atom stereocenters. The number of methoxy groups -OCH3 is 1. The van der Waals surface area contributed by atoms with Crippen LogP contribution in [0.4, 0.5) is 0 Å². The second-order valence-electron chi connectivity index (χ2n) is 4.64. The van der Waals surface area contributed by atoms with Gasteiger partial charge in [0.1, 0.15) is 0 Å². The van der Waals surface area contributed by atoms with E-state index in [4.69, 9.17) is 10.5 Å². The predicted octanol–water partition coefficient (Wildman–Crippen LogP) is 0.114. The highest BCUT2D eigenvalue weighted by atomic mass is 16.5. The number of nitrogens with zero attached hydrogens (tertiary/aromatic N) is 1. The highest BCUT2D eigenvalue weighted by molar-refractivity contribution is 5.76. The number of rotatable bonds is 7. The summed E-state index contributed by atoms with van der Waals surface area (Å²) in [6.45, 7) is 1.64. The number of aliphatic hydroxyl groups is 1. The van der Waals surface area contributed by atoms with E-state index in [1.165, 1.54) is 0 Å². The van der Waals surface area contributed by atoms with Crippen LogP contribution >= 0.6 is 0 Å². The molecule has 0 aliphatic carbocycles. The third-order valence-corrected chi connectivity index (χ3v) is 3.17. The summed E-state index contributed by atoms with van der Waals surface area (Å²) in [6, 6.07) is 0.0389. The van der Waals surface area contributed by atoms with Gasteiger partial charge in [-0.15, -0.1) is 0 Å². The Morgan fingerprint density at radius 1 is 1.47 bits per heavy atom. The van der Waals surface area contributed by atoms with Crippen molar-refractivity contribution in [3.05, 3.63) is 0 Å². The standard InChI is InChI=1S/C12H24N2O3/c1-17-9-10-7-11(15)8-14(10)12(16)5-3-2-4-6-13/h10-11,15H,2-9,13H2,1H3/t10-,11?/m0/s1. The minimum absolute atomic E-state index is 0.0389. The quantitative estimate of drug-likeness (QED) is 0.623. The Bertz CT molecular complexity index is 236. The number of aliphatic hydroxyl groups excluding tert-OH is 1. The first-order valence-corrected chi connectivity index (χ1v) is 6.35. The second kappa shape index (κ2) is 7.63. The molecule has 1 aliphatic rings. The molecule has 1 heterocycles. The van der Waals surface area contributed by atoms with E-state index in [-0.39, 0.29) is 11.9 Å². The zero-order valence-electron chi connectivity index (χ0n) is 10.6. The fraction of sp³-hybridized carbons (Fsp3) is 0.917. The molecule has 0 radical (unpaired) electrons. The summed E-state index contributed by atoms with van der Waals surface area (Å²) in [4.78, 5) is 13.7. The highest BCUT2D eigenvalue weighted by Gasteiger charge is 2.33. The van der Waals surface area contributed by atoms with Gasteiger partial charge >= 0.3 is 0 Å². The summed E-state index contributed by atoms with van der Waals surface area (Å²) in [7, 11) is 1.62. The fourth-order valence-corrected chi connectivity index (χ4v) is 2.29. The van der Waals surface area contributed by atoms with Gasteiger partial charge in [-0.25, -0.2) is 0 Å². The zero-order valence-corrected chi connectivity index (χ0v) is 10.6. The third-order valence-electron chi connectivity index (χ3n) is 3.17. The van der Waals surface area contributed by atoms with Gasteiger partial charge in [-0.1, -0.05) is 6.42 Å². The maximum atomic E-state index is 12.0. The number of ether oxygens (including phenoxy) is 1. The van der Waals surface area contributed by atoms with Crippen LogP contribution in [-0.2, 0) is 9.53 Å². The Morgan fingerprint density at radius 2 is 2.24 bits per heavy atom. The van der Waals surface area contributed by atoms with Crippen molar-refractivity contribution in [2.45, 2.75) is 44.2 Å². The summed E-state index contributed by atoms with van der Waals surface area (Å²) in [5.41, 5.74) is 5.40. The number of β-amino-alcohol motifs (C(OH)–C–C–N with tert-alkyl or cyclic N) is 1. The molecule has 100 valence electrons. The number of carbonyl (C=O) groups excluding carboxylic acids is 1. The summed E-state index contributed by atoms with van der Waals surface area (Å²) in [5.74, 6) is 0.126. The average Bonchev–Trinajstić information content (AvgIpc) is 2.66. The molecular weight excluding hydrogens is 220 g/mol. The lowest BCUT2D eigenvalue weighted by molar-refractivity contribution is -0.133. The number of carbonyl (C=O) groups is 1. The predicted molar refractivity (Wildman–Crippen MR) is 65.5 cm³/mol. The van der Waals surface area contributed by atoms with Crippen molar-refractivity contribution in [3.63, 3.8) is 0 Å². The summed E-state index contributed by atoms with van der Waals surface area (Å²) in [5, 5.41) is 9.59. The van der Waals surface area contributed by atoms with Crippen LogP contribution in [0.15, 0.2) is 0 Å². The van der Waals surface area contributed by atoms with Crippen LogP contribution in [0.25, 0.3) is 0 Å². The fourth-order valence-electron chi connectivity index (χ4n) is 2.29. The van der Waals surface area contributed by atoms with Crippen LogP contribution in [0.1, 0.15) is 32.1 Å². The molecule has 1 saturated heterocycles. The van der Waals surface area contributed by atoms with Crippen LogP contribution in [0, 0.1) is 0 Å². The van der Waals surface area contributed by atoms with Crippen molar-refractivity contribution >= 4 is 5.91 Å². The number of hydrogen-bond acceptors (Lipinski definition) is 4. The van der Waals surface area contributed by atoms with Crippen molar-refractivity contribution in [1.82, 2.24) is 4.90 Å². The van der Waals surface area contributed by atoms with Gasteiger partial charge in [-0.2, -0.15) is 0 Å². The second-order valence-corrected chi connectivity index (χ2v) is 4.64. The Morgan fingerprint density at radius 3 is 2.88 bits per heavy atom. The summed E-state index contributed by atoms with van der Waals surface area (Å²) >= 11 is 0. The lowest BCUT2D eigenvalue weighted by atomic mass is 10.1. The Balaban J connectivity index is 2.33. The van der Waals surface area contributed by atoms with E-state index >= 15 is 0 Å². The maximum Gasteiger partial charge on any atom is 0.222 e. The van der Waals surface area contributed by atoms with Gasteiger partial charge in [0.15, 0.2) is 0 Å². The summed E-state index contributed by atoms with van der Waals surface area (Å²) in [6.07, 6.45) is 3.62. The van der Waals surface area contributed by atoms with Crippen LogP contribution < -0.4 is 5.73 Å². The van der Waals surface area contributed by atoms with E-state index in [9.17, 15) is 9.90 Å². The summed E-state index contributed by atoms with van der Waals surface area (Å²) < 4.78 is 5.08. The largest absolute Gasteiger partial charge is 0.391 e. The Kier molecular flexibility index (Phi) is 6.47. The topological polar surface area (TPSA) is 75.8 Å². The molecule has 0 saturated carbocycles. The Hall–Kier alpha value is -0.650. The molecule has 3 N–H and O–H groups in total.